The second-order valence-electron chi connectivity index (χ2n) is 4.50. The third-order valence-corrected chi connectivity index (χ3v) is 3.28. The molecule has 21 heavy (non-hydrogen) atoms. The first-order valence-corrected chi connectivity index (χ1v) is 7.52. The molecule has 0 radical (unpaired) electrons. The first-order valence-electron chi connectivity index (χ1n) is 6.40. The fraction of sp³-hybridized carbons (Fsp3) is 0.214. The fourth-order valence-corrected chi connectivity index (χ4v) is 2.33. The Morgan fingerprint density at radius 1 is 1.29 bits per heavy atom. The van der Waals surface area contributed by atoms with Gasteiger partial charge >= 0.3 is 0 Å². The highest BCUT2D eigenvalue weighted by atomic mass is 79.9. The van der Waals surface area contributed by atoms with Crippen molar-refractivity contribution in [1.29, 1.82) is 0 Å². The van der Waals surface area contributed by atoms with E-state index < -0.39 is 0 Å². The Morgan fingerprint density at radius 3 is 3.00 bits per heavy atom. The van der Waals surface area contributed by atoms with Crippen LogP contribution < -0.4 is 0 Å². The lowest BCUT2D eigenvalue weighted by molar-refractivity contribution is 0.566. The third-order valence-electron chi connectivity index (χ3n) is 2.88. The van der Waals surface area contributed by atoms with E-state index in [2.05, 4.69) is 31.2 Å². The highest BCUT2D eigenvalue weighted by molar-refractivity contribution is 9.09. The number of aryl methyl sites for hydroxylation is 1. The predicted molar refractivity (Wildman–Crippen MR) is 78.5 cm³/mol. The number of benzene rings is 1. The molecule has 0 saturated heterocycles. The molecule has 0 atom stereocenters. The SMILES string of the molecule is Fc1cccc(-c2nc(Cn3cc(CCBr)nn3)co2)c1. The molecule has 3 aromatic rings. The summed E-state index contributed by atoms with van der Waals surface area (Å²) in [7, 11) is 0. The highest BCUT2D eigenvalue weighted by Gasteiger charge is 2.09. The van der Waals surface area contributed by atoms with Crippen molar-refractivity contribution in [3.05, 3.63) is 53.9 Å². The van der Waals surface area contributed by atoms with Gasteiger partial charge in [0, 0.05) is 23.5 Å². The lowest BCUT2D eigenvalue weighted by atomic mass is 10.2. The Bertz CT molecular complexity index is 740. The molecule has 0 aliphatic rings. The number of hydrogen-bond donors (Lipinski definition) is 0. The van der Waals surface area contributed by atoms with Crippen LogP contribution >= 0.6 is 15.9 Å². The van der Waals surface area contributed by atoms with Crippen LogP contribution in [0.5, 0.6) is 0 Å². The Balaban J connectivity index is 1.75. The molecule has 0 saturated carbocycles. The van der Waals surface area contributed by atoms with Crippen LogP contribution in [0.4, 0.5) is 4.39 Å². The van der Waals surface area contributed by atoms with E-state index in [1.807, 2.05) is 6.20 Å². The number of aromatic nitrogens is 4. The lowest BCUT2D eigenvalue weighted by Crippen LogP contribution is -2.00. The molecular formula is C14H12BrFN4O. The summed E-state index contributed by atoms with van der Waals surface area (Å²) < 4.78 is 20.3. The average Bonchev–Trinajstić information content (AvgIpc) is 3.10. The van der Waals surface area contributed by atoms with Gasteiger partial charge < -0.3 is 4.42 Å². The zero-order valence-corrected chi connectivity index (χ0v) is 12.6. The Labute approximate surface area is 128 Å². The van der Waals surface area contributed by atoms with E-state index in [9.17, 15) is 4.39 Å². The topological polar surface area (TPSA) is 56.7 Å². The van der Waals surface area contributed by atoms with Gasteiger partial charge in [-0.3, -0.25) is 0 Å². The van der Waals surface area contributed by atoms with Crippen molar-refractivity contribution in [3.8, 4) is 11.5 Å². The number of rotatable bonds is 5. The van der Waals surface area contributed by atoms with Gasteiger partial charge in [0.25, 0.3) is 0 Å². The van der Waals surface area contributed by atoms with Crippen LogP contribution in [-0.4, -0.2) is 25.3 Å². The van der Waals surface area contributed by atoms with Crippen molar-refractivity contribution in [2.45, 2.75) is 13.0 Å². The molecule has 0 bridgehead atoms. The van der Waals surface area contributed by atoms with Crippen LogP contribution in [0.1, 0.15) is 11.4 Å². The van der Waals surface area contributed by atoms with Gasteiger partial charge in [0.15, 0.2) is 0 Å². The molecule has 0 spiro atoms. The minimum Gasteiger partial charge on any atom is -0.444 e. The van der Waals surface area contributed by atoms with Crippen LogP contribution in [0.25, 0.3) is 11.5 Å². The third kappa shape index (κ3) is 3.36. The zero-order chi connectivity index (χ0) is 14.7. The van der Waals surface area contributed by atoms with Crippen LogP contribution in [0, 0.1) is 5.82 Å². The molecule has 0 aliphatic carbocycles. The van der Waals surface area contributed by atoms with E-state index in [1.165, 1.54) is 12.1 Å². The fourth-order valence-electron chi connectivity index (χ4n) is 1.93. The van der Waals surface area contributed by atoms with E-state index >= 15 is 0 Å². The standard InChI is InChI=1S/C14H12BrFN4O/c15-5-4-12-7-20(19-18-12)8-13-9-21-14(17-13)10-2-1-3-11(16)6-10/h1-3,6-7,9H,4-5,8H2. The largest absolute Gasteiger partial charge is 0.444 e. The molecule has 7 heteroatoms. The summed E-state index contributed by atoms with van der Waals surface area (Å²) in [6.45, 7) is 0.466. The van der Waals surface area contributed by atoms with Gasteiger partial charge in [0.2, 0.25) is 5.89 Å². The normalized spacial score (nSPS) is 11.0. The van der Waals surface area contributed by atoms with Gasteiger partial charge in [-0.15, -0.1) is 5.10 Å². The molecule has 2 heterocycles. The maximum atomic E-state index is 13.2. The van der Waals surface area contributed by atoms with E-state index in [0.29, 0.717) is 23.7 Å². The molecule has 2 aromatic heterocycles. The molecule has 5 nitrogen and oxygen atoms in total. The van der Waals surface area contributed by atoms with Crippen LogP contribution in [0.15, 0.2) is 41.1 Å². The first kappa shape index (κ1) is 13.9. The van der Waals surface area contributed by atoms with Gasteiger partial charge in [-0.1, -0.05) is 27.2 Å². The number of nitrogens with zero attached hydrogens (tertiary/aromatic N) is 4. The van der Waals surface area contributed by atoms with Gasteiger partial charge in [-0.2, -0.15) is 0 Å². The van der Waals surface area contributed by atoms with Crippen molar-refractivity contribution in [2.24, 2.45) is 0 Å². The number of halogens is 2. The van der Waals surface area contributed by atoms with E-state index in [-0.39, 0.29) is 5.82 Å². The van der Waals surface area contributed by atoms with Gasteiger partial charge in [0.05, 0.1) is 12.2 Å². The summed E-state index contributed by atoms with van der Waals surface area (Å²) in [5, 5.41) is 8.93. The highest BCUT2D eigenvalue weighted by Crippen LogP contribution is 2.19. The van der Waals surface area contributed by atoms with Gasteiger partial charge in [-0.25, -0.2) is 14.1 Å². The summed E-state index contributed by atoms with van der Waals surface area (Å²) in [5.74, 6) is 0.0771. The second kappa shape index (κ2) is 6.17. The molecule has 108 valence electrons. The minimum atomic E-state index is -0.317. The van der Waals surface area contributed by atoms with Crippen molar-refractivity contribution in [1.82, 2.24) is 20.0 Å². The summed E-state index contributed by atoms with van der Waals surface area (Å²) in [4.78, 5) is 4.34. The van der Waals surface area contributed by atoms with Gasteiger partial charge in [-0.05, 0) is 18.2 Å². The molecule has 0 unspecified atom stereocenters. The summed E-state index contributed by atoms with van der Waals surface area (Å²) in [5.41, 5.74) is 2.24. The van der Waals surface area contributed by atoms with Gasteiger partial charge in [0.1, 0.15) is 17.8 Å². The molecule has 0 amide bonds. The van der Waals surface area contributed by atoms with Crippen molar-refractivity contribution >= 4 is 15.9 Å². The average molecular weight is 351 g/mol. The molecule has 0 fully saturated rings. The molecular weight excluding hydrogens is 339 g/mol. The van der Waals surface area contributed by atoms with E-state index in [4.69, 9.17) is 4.42 Å². The molecule has 3 rings (SSSR count). The molecule has 0 N–H and O–H groups in total. The van der Waals surface area contributed by atoms with Crippen molar-refractivity contribution in [2.75, 3.05) is 5.33 Å². The Kier molecular flexibility index (Phi) is 4.10. The molecule has 0 aliphatic heterocycles. The quantitative estimate of drug-likeness (QED) is 0.663. The van der Waals surface area contributed by atoms with E-state index in [1.54, 1.807) is 23.1 Å². The Morgan fingerprint density at radius 2 is 2.19 bits per heavy atom. The monoisotopic (exact) mass is 350 g/mol. The van der Waals surface area contributed by atoms with Crippen LogP contribution in [-0.2, 0) is 13.0 Å². The number of hydrogen-bond acceptors (Lipinski definition) is 4. The number of oxazole rings is 1. The Hall–Kier alpha value is -2.02. The zero-order valence-electron chi connectivity index (χ0n) is 11.0. The van der Waals surface area contributed by atoms with Crippen LogP contribution in [0.3, 0.4) is 0 Å². The maximum absolute atomic E-state index is 13.2. The molecule has 1 aromatic carbocycles. The lowest BCUT2D eigenvalue weighted by Gasteiger charge is -1.95. The second-order valence-corrected chi connectivity index (χ2v) is 5.29. The van der Waals surface area contributed by atoms with Crippen molar-refractivity contribution in [3.63, 3.8) is 0 Å². The summed E-state index contributed by atoms with van der Waals surface area (Å²) >= 11 is 3.36. The van der Waals surface area contributed by atoms with Crippen molar-refractivity contribution < 1.29 is 8.81 Å². The summed E-state index contributed by atoms with van der Waals surface area (Å²) in [6, 6.07) is 6.15. The number of alkyl halides is 1. The predicted octanol–water partition coefficient (Wildman–Crippen LogP) is 3.06. The summed E-state index contributed by atoms with van der Waals surface area (Å²) in [6.07, 6.45) is 4.25. The first-order chi connectivity index (χ1) is 10.2. The van der Waals surface area contributed by atoms with Crippen LogP contribution in [0.2, 0.25) is 0 Å². The minimum absolute atomic E-state index is 0.317. The maximum Gasteiger partial charge on any atom is 0.226 e. The smallest absolute Gasteiger partial charge is 0.226 e. The van der Waals surface area contributed by atoms with E-state index in [0.717, 1.165) is 17.4 Å².